The maximum atomic E-state index is 12.8. The third kappa shape index (κ3) is 2.88. The zero-order valence-corrected chi connectivity index (χ0v) is 8.44. The van der Waals surface area contributed by atoms with Crippen LogP contribution in [0.1, 0.15) is 6.92 Å². The zero-order valence-electron chi connectivity index (χ0n) is 8.44. The second-order valence-corrected chi connectivity index (χ2v) is 2.91. The van der Waals surface area contributed by atoms with Crippen LogP contribution in [0, 0.1) is 15.9 Å². The number of halogens is 1. The summed E-state index contributed by atoms with van der Waals surface area (Å²) in [6.45, 7) is 1.64. The predicted octanol–water partition coefficient (Wildman–Crippen LogP) is 2.25. The van der Waals surface area contributed by atoms with Gasteiger partial charge in [-0.25, -0.2) is 4.39 Å². The van der Waals surface area contributed by atoms with Crippen molar-refractivity contribution in [3.8, 4) is 0 Å². The molecule has 0 saturated carbocycles. The Labute approximate surface area is 90.7 Å². The number of carbonyl (C=O) groups is 1. The molecule has 0 aliphatic heterocycles. The molecule has 1 aromatic rings. The molecule has 0 heterocycles. The van der Waals surface area contributed by atoms with Gasteiger partial charge in [0.15, 0.2) is 0 Å². The first-order valence-electron chi connectivity index (χ1n) is 4.42. The Morgan fingerprint density at radius 2 is 2.25 bits per heavy atom. The summed E-state index contributed by atoms with van der Waals surface area (Å²) < 4.78 is 12.8. The summed E-state index contributed by atoms with van der Waals surface area (Å²) in [7, 11) is 0. The molecule has 0 fully saturated rings. The van der Waals surface area contributed by atoms with E-state index in [-0.39, 0.29) is 5.69 Å². The maximum absolute atomic E-state index is 12.8. The summed E-state index contributed by atoms with van der Waals surface area (Å²) in [4.78, 5) is 21.0. The Morgan fingerprint density at radius 3 is 2.81 bits per heavy atom. The highest BCUT2D eigenvalue weighted by Crippen LogP contribution is 2.24. The lowest BCUT2D eigenvalue weighted by atomic mass is 10.2. The van der Waals surface area contributed by atoms with Gasteiger partial charge in [-0.05, 0) is 25.1 Å². The van der Waals surface area contributed by atoms with Crippen LogP contribution < -0.4 is 5.32 Å². The van der Waals surface area contributed by atoms with Crippen molar-refractivity contribution in [3.63, 3.8) is 0 Å². The Balaban J connectivity index is 3.04. The van der Waals surface area contributed by atoms with Gasteiger partial charge in [-0.15, -0.1) is 0 Å². The van der Waals surface area contributed by atoms with E-state index in [1.54, 1.807) is 6.92 Å². The number of allylic oxidation sites excluding steroid dienone is 1. The molecule has 1 N–H and O–H groups in total. The molecule has 84 valence electrons. The molecule has 0 unspecified atom stereocenters. The van der Waals surface area contributed by atoms with Crippen molar-refractivity contribution in [2.75, 3.05) is 5.32 Å². The van der Waals surface area contributed by atoms with E-state index >= 15 is 0 Å². The molecule has 0 aliphatic rings. The molecule has 0 saturated heterocycles. The number of hydrogen-bond donors (Lipinski definition) is 1. The van der Waals surface area contributed by atoms with Gasteiger partial charge in [0.2, 0.25) is 5.91 Å². The summed E-state index contributed by atoms with van der Waals surface area (Å²) >= 11 is 0. The third-order valence-corrected chi connectivity index (χ3v) is 1.73. The first kappa shape index (κ1) is 11.8. The molecule has 0 bridgehead atoms. The van der Waals surface area contributed by atoms with Gasteiger partial charge in [-0.1, -0.05) is 6.08 Å². The number of amides is 1. The van der Waals surface area contributed by atoms with Crippen molar-refractivity contribution < 1.29 is 14.1 Å². The number of nitrogens with one attached hydrogen (secondary N) is 1. The van der Waals surface area contributed by atoms with Crippen LogP contribution in [0.15, 0.2) is 30.4 Å². The Hall–Kier alpha value is -2.24. The standard InChI is InChI=1S/C10H9FN2O3/c1-2-3-10(14)12-8-5-4-7(11)6-9(8)13(15)16/h2-6H,1H3,(H,12,14). The average Bonchev–Trinajstić information content (AvgIpc) is 2.20. The van der Waals surface area contributed by atoms with Gasteiger partial charge in [0.1, 0.15) is 11.5 Å². The number of hydrogen-bond acceptors (Lipinski definition) is 3. The average molecular weight is 224 g/mol. The molecular formula is C10H9FN2O3. The Bertz CT molecular complexity index is 457. The number of benzene rings is 1. The van der Waals surface area contributed by atoms with E-state index in [4.69, 9.17) is 0 Å². The largest absolute Gasteiger partial charge is 0.317 e. The highest BCUT2D eigenvalue weighted by Gasteiger charge is 2.15. The van der Waals surface area contributed by atoms with E-state index in [1.807, 2.05) is 0 Å². The summed E-state index contributed by atoms with van der Waals surface area (Å²) in [5, 5.41) is 12.9. The van der Waals surface area contributed by atoms with Crippen LogP contribution in [0.25, 0.3) is 0 Å². The van der Waals surface area contributed by atoms with Crippen LogP contribution in [0.2, 0.25) is 0 Å². The maximum Gasteiger partial charge on any atom is 0.295 e. The molecule has 5 nitrogen and oxygen atoms in total. The van der Waals surface area contributed by atoms with Gasteiger partial charge in [0.05, 0.1) is 11.0 Å². The molecule has 0 atom stereocenters. The van der Waals surface area contributed by atoms with Crippen molar-refractivity contribution >= 4 is 17.3 Å². The predicted molar refractivity (Wildman–Crippen MR) is 56.5 cm³/mol. The summed E-state index contributed by atoms with van der Waals surface area (Å²) in [6, 6.07) is 2.94. The molecule has 1 amide bonds. The lowest BCUT2D eigenvalue weighted by Crippen LogP contribution is -2.09. The molecule has 16 heavy (non-hydrogen) atoms. The molecule has 0 spiro atoms. The number of nitro benzene ring substituents is 1. The molecule has 1 aromatic carbocycles. The number of carbonyl (C=O) groups excluding carboxylic acids is 1. The van der Waals surface area contributed by atoms with E-state index in [9.17, 15) is 19.3 Å². The molecule has 0 aliphatic carbocycles. The number of anilines is 1. The van der Waals surface area contributed by atoms with E-state index in [0.717, 1.165) is 18.2 Å². The van der Waals surface area contributed by atoms with Crippen molar-refractivity contribution in [1.29, 1.82) is 0 Å². The van der Waals surface area contributed by atoms with Crippen LogP contribution in [-0.2, 0) is 4.79 Å². The zero-order chi connectivity index (χ0) is 12.1. The molecule has 0 aromatic heterocycles. The first-order chi connectivity index (χ1) is 7.54. The van der Waals surface area contributed by atoms with Crippen LogP contribution >= 0.6 is 0 Å². The summed E-state index contributed by atoms with van der Waals surface area (Å²) in [5.41, 5.74) is -0.507. The van der Waals surface area contributed by atoms with Gasteiger partial charge in [-0.3, -0.25) is 14.9 Å². The highest BCUT2D eigenvalue weighted by atomic mass is 19.1. The second-order valence-electron chi connectivity index (χ2n) is 2.91. The van der Waals surface area contributed by atoms with Crippen LogP contribution in [0.5, 0.6) is 0 Å². The van der Waals surface area contributed by atoms with Gasteiger partial charge < -0.3 is 5.32 Å². The number of nitro groups is 1. The number of nitrogens with zero attached hydrogens (tertiary/aromatic N) is 1. The minimum Gasteiger partial charge on any atom is -0.317 e. The number of rotatable bonds is 3. The first-order valence-corrected chi connectivity index (χ1v) is 4.42. The molecule has 6 heteroatoms. The van der Waals surface area contributed by atoms with Gasteiger partial charge in [0, 0.05) is 0 Å². The smallest absolute Gasteiger partial charge is 0.295 e. The normalized spacial score (nSPS) is 10.4. The lowest BCUT2D eigenvalue weighted by molar-refractivity contribution is -0.384. The van der Waals surface area contributed by atoms with Crippen LogP contribution in [0.4, 0.5) is 15.8 Å². The van der Waals surface area contributed by atoms with Gasteiger partial charge >= 0.3 is 0 Å². The summed E-state index contributed by atoms with van der Waals surface area (Å²) in [5.74, 6) is -1.23. The summed E-state index contributed by atoms with van der Waals surface area (Å²) in [6.07, 6.45) is 2.71. The molecular weight excluding hydrogens is 215 g/mol. The van der Waals surface area contributed by atoms with Crippen molar-refractivity contribution in [1.82, 2.24) is 0 Å². The fourth-order valence-electron chi connectivity index (χ4n) is 1.09. The van der Waals surface area contributed by atoms with E-state index in [2.05, 4.69) is 5.32 Å². The Kier molecular flexibility index (Phi) is 3.71. The minimum atomic E-state index is -0.756. The minimum absolute atomic E-state index is 0.0329. The van der Waals surface area contributed by atoms with Crippen molar-refractivity contribution in [2.45, 2.75) is 6.92 Å². The molecule has 0 radical (unpaired) electrons. The second kappa shape index (κ2) is 5.01. The van der Waals surface area contributed by atoms with Crippen LogP contribution in [0.3, 0.4) is 0 Å². The fourth-order valence-corrected chi connectivity index (χ4v) is 1.09. The van der Waals surface area contributed by atoms with E-state index in [1.165, 1.54) is 12.2 Å². The topological polar surface area (TPSA) is 72.2 Å². The highest BCUT2D eigenvalue weighted by molar-refractivity contribution is 6.00. The van der Waals surface area contributed by atoms with Crippen LogP contribution in [-0.4, -0.2) is 10.8 Å². The van der Waals surface area contributed by atoms with Crippen molar-refractivity contribution in [3.05, 3.63) is 46.3 Å². The SMILES string of the molecule is CC=CC(=O)Nc1ccc(F)cc1[N+](=O)[O-]. The van der Waals surface area contributed by atoms with Gasteiger partial charge in [0.25, 0.3) is 5.69 Å². The fraction of sp³-hybridized carbons (Fsp3) is 0.100. The monoisotopic (exact) mass is 224 g/mol. The third-order valence-electron chi connectivity index (χ3n) is 1.73. The molecule has 1 rings (SSSR count). The van der Waals surface area contributed by atoms with Crippen molar-refractivity contribution in [2.24, 2.45) is 0 Å². The Morgan fingerprint density at radius 1 is 1.56 bits per heavy atom. The quantitative estimate of drug-likeness (QED) is 0.486. The van der Waals surface area contributed by atoms with Gasteiger partial charge in [-0.2, -0.15) is 0 Å². The van der Waals surface area contributed by atoms with E-state index in [0.29, 0.717) is 0 Å². The lowest BCUT2D eigenvalue weighted by Gasteiger charge is -2.03. The van der Waals surface area contributed by atoms with E-state index < -0.39 is 22.3 Å².